The molecule has 0 saturated heterocycles. The minimum absolute atomic E-state index is 0.291. The van der Waals surface area contributed by atoms with Crippen LogP contribution in [0, 0.1) is 5.82 Å². The Morgan fingerprint density at radius 2 is 2.31 bits per heavy atom. The van der Waals surface area contributed by atoms with Gasteiger partial charge in [-0.3, -0.25) is 4.99 Å². The van der Waals surface area contributed by atoms with Crippen molar-refractivity contribution in [2.45, 2.75) is 12.5 Å². The zero-order chi connectivity index (χ0) is 11.8. The van der Waals surface area contributed by atoms with Gasteiger partial charge in [-0.25, -0.2) is 4.39 Å². The SMILES string of the molecule is CC1(c2ccc(F)c(Br)c2)COCC(N)=N1. The molecule has 1 aliphatic heterocycles. The van der Waals surface area contributed by atoms with Crippen LogP contribution < -0.4 is 5.73 Å². The fourth-order valence-corrected chi connectivity index (χ4v) is 2.09. The summed E-state index contributed by atoms with van der Waals surface area (Å²) in [5.41, 5.74) is 6.00. The molecule has 1 aromatic rings. The summed E-state index contributed by atoms with van der Waals surface area (Å²) in [4.78, 5) is 4.38. The Bertz CT molecular complexity index is 450. The van der Waals surface area contributed by atoms with E-state index in [4.69, 9.17) is 10.5 Å². The lowest BCUT2D eigenvalue weighted by Crippen LogP contribution is -2.37. The monoisotopic (exact) mass is 286 g/mol. The molecule has 2 N–H and O–H groups in total. The van der Waals surface area contributed by atoms with Gasteiger partial charge in [0, 0.05) is 0 Å². The highest BCUT2D eigenvalue weighted by molar-refractivity contribution is 9.10. The molecule has 1 unspecified atom stereocenters. The predicted molar refractivity (Wildman–Crippen MR) is 63.9 cm³/mol. The highest BCUT2D eigenvalue weighted by atomic mass is 79.9. The molecule has 16 heavy (non-hydrogen) atoms. The average Bonchev–Trinajstić information content (AvgIpc) is 2.21. The number of ether oxygens (including phenoxy) is 1. The second-order valence-corrected chi connectivity index (χ2v) is 4.85. The Balaban J connectivity index is 2.43. The first-order valence-corrected chi connectivity index (χ1v) is 5.68. The van der Waals surface area contributed by atoms with Crippen LogP contribution in [0.3, 0.4) is 0 Å². The van der Waals surface area contributed by atoms with E-state index in [2.05, 4.69) is 20.9 Å². The minimum Gasteiger partial charge on any atom is -0.386 e. The summed E-state index contributed by atoms with van der Waals surface area (Å²) in [6.45, 7) is 2.72. The molecule has 1 aromatic carbocycles. The number of nitrogens with zero attached hydrogens (tertiary/aromatic N) is 1. The van der Waals surface area contributed by atoms with Gasteiger partial charge in [0.05, 0.1) is 11.1 Å². The van der Waals surface area contributed by atoms with Gasteiger partial charge in [0.1, 0.15) is 23.8 Å². The highest BCUT2D eigenvalue weighted by Crippen LogP contribution is 2.30. The van der Waals surface area contributed by atoms with Crippen molar-refractivity contribution in [2.24, 2.45) is 10.7 Å². The molecular weight excluding hydrogens is 275 g/mol. The molecule has 0 bridgehead atoms. The second kappa shape index (κ2) is 4.14. The molecule has 3 nitrogen and oxygen atoms in total. The van der Waals surface area contributed by atoms with Crippen molar-refractivity contribution in [2.75, 3.05) is 13.2 Å². The first-order valence-electron chi connectivity index (χ1n) is 4.89. The smallest absolute Gasteiger partial charge is 0.137 e. The van der Waals surface area contributed by atoms with Crippen molar-refractivity contribution >= 4 is 21.8 Å². The van der Waals surface area contributed by atoms with E-state index in [9.17, 15) is 4.39 Å². The number of halogens is 2. The van der Waals surface area contributed by atoms with Crippen LogP contribution in [0.15, 0.2) is 27.7 Å². The molecule has 1 atom stereocenters. The lowest BCUT2D eigenvalue weighted by atomic mass is 9.93. The van der Waals surface area contributed by atoms with Crippen molar-refractivity contribution in [3.63, 3.8) is 0 Å². The third-order valence-electron chi connectivity index (χ3n) is 2.56. The Kier molecular flexibility index (Phi) is 2.99. The van der Waals surface area contributed by atoms with Crippen LogP contribution in [0.2, 0.25) is 0 Å². The van der Waals surface area contributed by atoms with Gasteiger partial charge < -0.3 is 10.5 Å². The number of aliphatic imine (C=N–C) groups is 1. The van der Waals surface area contributed by atoms with E-state index in [1.54, 1.807) is 12.1 Å². The number of rotatable bonds is 1. The van der Waals surface area contributed by atoms with Gasteiger partial charge in [0.15, 0.2) is 0 Å². The standard InChI is InChI=1S/C11H12BrFN2O/c1-11(6-16-5-10(14)15-11)7-2-3-9(13)8(12)4-7/h2-4H,5-6H2,1H3,(H2,14,15). The number of hydrogen-bond acceptors (Lipinski definition) is 3. The van der Waals surface area contributed by atoms with Crippen molar-refractivity contribution in [3.8, 4) is 0 Å². The minimum atomic E-state index is -0.529. The third kappa shape index (κ3) is 2.10. The van der Waals surface area contributed by atoms with Gasteiger partial charge in [-0.05, 0) is 40.5 Å². The summed E-state index contributed by atoms with van der Waals surface area (Å²) in [5.74, 6) is 0.176. The zero-order valence-corrected chi connectivity index (χ0v) is 10.4. The maximum Gasteiger partial charge on any atom is 0.137 e. The number of nitrogens with two attached hydrogens (primary N) is 1. The van der Waals surface area contributed by atoms with E-state index >= 15 is 0 Å². The third-order valence-corrected chi connectivity index (χ3v) is 3.17. The van der Waals surface area contributed by atoms with Crippen LogP contribution in [-0.2, 0) is 10.3 Å². The van der Waals surface area contributed by atoms with Crippen LogP contribution in [-0.4, -0.2) is 19.0 Å². The van der Waals surface area contributed by atoms with E-state index in [1.165, 1.54) is 6.07 Å². The number of hydrogen-bond donors (Lipinski definition) is 1. The first kappa shape index (κ1) is 11.5. The molecule has 2 rings (SSSR count). The molecule has 0 aliphatic carbocycles. The van der Waals surface area contributed by atoms with E-state index in [0.29, 0.717) is 23.5 Å². The van der Waals surface area contributed by atoms with Gasteiger partial charge in [-0.15, -0.1) is 0 Å². The fraction of sp³-hybridized carbons (Fsp3) is 0.364. The van der Waals surface area contributed by atoms with E-state index in [-0.39, 0.29) is 5.82 Å². The highest BCUT2D eigenvalue weighted by Gasteiger charge is 2.30. The first-order chi connectivity index (χ1) is 7.51. The van der Waals surface area contributed by atoms with E-state index in [1.807, 2.05) is 6.92 Å². The maximum absolute atomic E-state index is 13.1. The predicted octanol–water partition coefficient (Wildman–Crippen LogP) is 2.19. The summed E-state index contributed by atoms with van der Waals surface area (Å²) < 4.78 is 18.9. The van der Waals surface area contributed by atoms with Gasteiger partial charge in [-0.2, -0.15) is 0 Å². The van der Waals surface area contributed by atoms with Crippen molar-refractivity contribution in [1.29, 1.82) is 0 Å². The molecule has 0 aromatic heterocycles. The second-order valence-electron chi connectivity index (χ2n) is 4.00. The summed E-state index contributed by atoms with van der Waals surface area (Å²) in [6, 6.07) is 4.82. The normalized spacial score (nSPS) is 25.3. The Labute approximate surface area is 102 Å². The van der Waals surface area contributed by atoms with Gasteiger partial charge in [0.2, 0.25) is 0 Å². The summed E-state index contributed by atoms with van der Waals surface area (Å²) in [6.07, 6.45) is 0. The quantitative estimate of drug-likeness (QED) is 0.860. The van der Waals surface area contributed by atoms with Crippen LogP contribution in [0.25, 0.3) is 0 Å². The van der Waals surface area contributed by atoms with E-state index < -0.39 is 5.54 Å². The fourth-order valence-electron chi connectivity index (χ4n) is 1.71. The Morgan fingerprint density at radius 3 is 2.94 bits per heavy atom. The van der Waals surface area contributed by atoms with Crippen LogP contribution in [0.4, 0.5) is 4.39 Å². The number of amidine groups is 1. The summed E-state index contributed by atoms with van der Waals surface area (Å²) in [7, 11) is 0. The summed E-state index contributed by atoms with van der Waals surface area (Å²) in [5, 5.41) is 0. The molecule has 1 aliphatic rings. The van der Waals surface area contributed by atoms with Crippen molar-refractivity contribution in [1.82, 2.24) is 0 Å². The van der Waals surface area contributed by atoms with Crippen LogP contribution in [0.5, 0.6) is 0 Å². The number of benzene rings is 1. The maximum atomic E-state index is 13.1. The van der Waals surface area contributed by atoms with Gasteiger partial charge >= 0.3 is 0 Å². The molecule has 0 amide bonds. The molecule has 0 fully saturated rings. The topological polar surface area (TPSA) is 47.6 Å². The van der Waals surface area contributed by atoms with E-state index in [0.717, 1.165) is 5.56 Å². The lowest BCUT2D eigenvalue weighted by Gasteiger charge is -2.30. The van der Waals surface area contributed by atoms with Crippen LogP contribution >= 0.6 is 15.9 Å². The molecule has 1 heterocycles. The molecule has 0 spiro atoms. The molecular formula is C11H12BrFN2O. The molecule has 5 heteroatoms. The van der Waals surface area contributed by atoms with Crippen LogP contribution in [0.1, 0.15) is 12.5 Å². The molecule has 0 saturated carbocycles. The van der Waals surface area contributed by atoms with Crippen molar-refractivity contribution < 1.29 is 9.13 Å². The van der Waals surface area contributed by atoms with Gasteiger partial charge in [-0.1, -0.05) is 6.07 Å². The average molecular weight is 287 g/mol. The zero-order valence-electron chi connectivity index (χ0n) is 8.84. The molecule has 0 radical (unpaired) electrons. The van der Waals surface area contributed by atoms with Crippen molar-refractivity contribution in [3.05, 3.63) is 34.1 Å². The summed E-state index contributed by atoms with van der Waals surface area (Å²) >= 11 is 3.16. The Morgan fingerprint density at radius 1 is 1.56 bits per heavy atom. The van der Waals surface area contributed by atoms with Gasteiger partial charge in [0.25, 0.3) is 0 Å². The largest absolute Gasteiger partial charge is 0.386 e. The molecule has 86 valence electrons. The lowest BCUT2D eigenvalue weighted by molar-refractivity contribution is 0.106. The Hall–Kier alpha value is -0.940.